The van der Waals surface area contributed by atoms with Gasteiger partial charge in [0.2, 0.25) is 0 Å². The van der Waals surface area contributed by atoms with Crippen LogP contribution in [0.3, 0.4) is 0 Å². The molecule has 2 aliphatic heterocycles. The molecular formula is C20H32BNO3. The van der Waals surface area contributed by atoms with Gasteiger partial charge in [0.1, 0.15) is 6.10 Å². The minimum Gasteiger partial charge on any atom is -0.407 e. The van der Waals surface area contributed by atoms with Crippen molar-refractivity contribution >= 4 is 12.6 Å². The highest BCUT2D eigenvalue weighted by Gasteiger charge is 2.43. The Balaban J connectivity index is 1.69. The van der Waals surface area contributed by atoms with Crippen molar-refractivity contribution in [3.8, 4) is 0 Å². The minimum atomic E-state index is -0.223. The molecule has 0 aromatic heterocycles. The number of nitrogens with zero attached hydrogens (tertiary/aromatic N) is 1. The molecule has 3 rings (SSSR count). The van der Waals surface area contributed by atoms with Gasteiger partial charge in [-0.2, -0.15) is 5.06 Å². The van der Waals surface area contributed by atoms with Gasteiger partial charge in [-0.05, 0) is 71.3 Å². The van der Waals surface area contributed by atoms with Crippen LogP contribution in [0.2, 0.25) is 0 Å². The van der Waals surface area contributed by atoms with Crippen LogP contribution in [0.15, 0.2) is 24.3 Å². The molecule has 1 aromatic rings. The molecule has 2 aliphatic rings. The Hall–Kier alpha value is -0.875. The molecule has 2 fully saturated rings. The molecule has 2 saturated heterocycles. The van der Waals surface area contributed by atoms with Crippen molar-refractivity contribution in [2.45, 2.75) is 77.5 Å². The Morgan fingerprint density at radius 1 is 0.960 bits per heavy atom. The maximum absolute atomic E-state index is 6.46. The van der Waals surface area contributed by atoms with Gasteiger partial charge in [0.25, 0.3) is 0 Å². The van der Waals surface area contributed by atoms with Gasteiger partial charge >= 0.3 is 7.12 Å². The zero-order chi connectivity index (χ0) is 18.1. The largest absolute Gasteiger partial charge is 0.493 e. The summed E-state index contributed by atoms with van der Waals surface area (Å²) < 4.78 is 11.4. The average Bonchev–Trinajstić information content (AvgIpc) is 2.58. The third kappa shape index (κ3) is 4.28. The fraction of sp³-hybridized carbons (Fsp3) is 0.700. The SMILES string of the molecule is CC(ON1C(C)(C)CCCC1(C)C)c1ccc(B2OCCCO2)cc1. The van der Waals surface area contributed by atoms with Gasteiger partial charge in [0.05, 0.1) is 0 Å². The topological polar surface area (TPSA) is 30.9 Å². The second-order valence-electron chi connectivity index (χ2n) is 8.61. The molecule has 25 heavy (non-hydrogen) atoms. The Labute approximate surface area is 152 Å². The first-order valence-corrected chi connectivity index (χ1v) is 9.60. The summed E-state index contributed by atoms with van der Waals surface area (Å²) in [6.07, 6.45) is 4.57. The van der Waals surface area contributed by atoms with Gasteiger partial charge in [0.15, 0.2) is 0 Å². The molecule has 0 amide bonds. The van der Waals surface area contributed by atoms with E-state index in [1.54, 1.807) is 0 Å². The van der Waals surface area contributed by atoms with E-state index in [-0.39, 0.29) is 24.3 Å². The van der Waals surface area contributed by atoms with Crippen LogP contribution >= 0.6 is 0 Å². The summed E-state index contributed by atoms with van der Waals surface area (Å²) >= 11 is 0. The predicted molar refractivity (Wildman–Crippen MR) is 102 cm³/mol. The number of hydrogen-bond acceptors (Lipinski definition) is 4. The summed E-state index contributed by atoms with van der Waals surface area (Å²) in [4.78, 5) is 6.46. The number of benzene rings is 1. The van der Waals surface area contributed by atoms with Gasteiger partial charge in [-0.1, -0.05) is 24.3 Å². The van der Waals surface area contributed by atoms with Crippen LogP contribution in [0, 0.1) is 0 Å². The fourth-order valence-electron chi connectivity index (χ4n) is 4.08. The van der Waals surface area contributed by atoms with E-state index in [4.69, 9.17) is 14.1 Å². The Morgan fingerprint density at radius 3 is 2.08 bits per heavy atom. The zero-order valence-corrected chi connectivity index (χ0v) is 16.4. The lowest BCUT2D eigenvalue weighted by molar-refractivity contribution is -0.304. The molecule has 0 spiro atoms. The molecule has 2 heterocycles. The van der Waals surface area contributed by atoms with Crippen LogP contribution in [0.25, 0.3) is 0 Å². The van der Waals surface area contributed by atoms with E-state index in [1.165, 1.54) is 24.8 Å². The fourth-order valence-corrected chi connectivity index (χ4v) is 4.08. The van der Waals surface area contributed by atoms with Crippen LogP contribution in [-0.4, -0.2) is 36.5 Å². The summed E-state index contributed by atoms with van der Waals surface area (Å²) in [5.41, 5.74) is 2.37. The molecular weight excluding hydrogens is 313 g/mol. The molecule has 0 radical (unpaired) electrons. The van der Waals surface area contributed by atoms with Gasteiger partial charge < -0.3 is 9.31 Å². The van der Waals surface area contributed by atoms with E-state index in [1.807, 2.05) is 0 Å². The van der Waals surface area contributed by atoms with Crippen molar-refractivity contribution in [3.63, 3.8) is 0 Å². The highest BCUT2D eigenvalue weighted by molar-refractivity contribution is 6.61. The van der Waals surface area contributed by atoms with Crippen molar-refractivity contribution in [1.29, 1.82) is 0 Å². The summed E-state index contributed by atoms with van der Waals surface area (Å²) in [6.45, 7) is 12.8. The van der Waals surface area contributed by atoms with Crippen molar-refractivity contribution in [2.24, 2.45) is 0 Å². The minimum absolute atomic E-state index is 0.0129. The molecule has 0 aliphatic carbocycles. The van der Waals surface area contributed by atoms with Gasteiger partial charge in [-0.15, -0.1) is 0 Å². The van der Waals surface area contributed by atoms with Crippen LogP contribution < -0.4 is 5.46 Å². The van der Waals surface area contributed by atoms with Gasteiger partial charge in [0, 0.05) is 24.3 Å². The van der Waals surface area contributed by atoms with Crippen molar-refractivity contribution in [2.75, 3.05) is 13.2 Å². The molecule has 1 aromatic carbocycles. The van der Waals surface area contributed by atoms with Crippen LogP contribution in [0.1, 0.15) is 72.0 Å². The summed E-state index contributed by atoms with van der Waals surface area (Å²) in [5.74, 6) is 0. The van der Waals surface area contributed by atoms with Crippen molar-refractivity contribution in [1.82, 2.24) is 5.06 Å². The third-order valence-corrected chi connectivity index (χ3v) is 5.45. The predicted octanol–water partition coefficient (Wildman–Crippen LogP) is 3.85. The first kappa shape index (κ1) is 18.9. The second kappa shape index (κ2) is 7.39. The van der Waals surface area contributed by atoms with E-state index < -0.39 is 0 Å². The number of hydroxylamine groups is 2. The average molecular weight is 345 g/mol. The maximum Gasteiger partial charge on any atom is 0.493 e. The first-order valence-electron chi connectivity index (χ1n) is 9.60. The quantitative estimate of drug-likeness (QED) is 0.776. The summed E-state index contributed by atoms with van der Waals surface area (Å²) in [5, 5.41) is 2.23. The summed E-state index contributed by atoms with van der Waals surface area (Å²) in [7, 11) is -0.223. The van der Waals surface area contributed by atoms with Crippen LogP contribution in [-0.2, 0) is 14.1 Å². The van der Waals surface area contributed by atoms with Crippen molar-refractivity contribution in [3.05, 3.63) is 29.8 Å². The number of piperidine rings is 1. The highest BCUT2D eigenvalue weighted by Crippen LogP contribution is 2.40. The van der Waals surface area contributed by atoms with Crippen molar-refractivity contribution < 1.29 is 14.1 Å². The molecule has 1 atom stereocenters. The van der Waals surface area contributed by atoms with E-state index >= 15 is 0 Å². The number of hydrogen-bond donors (Lipinski definition) is 0. The third-order valence-electron chi connectivity index (χ3n) is 5.45. The number of rotatable bonds is 4. The van der Waals surface area contributed by atoms with Crippen LogP contribution in [0.5, 0.6) is 0 Å². The molecule has 1 unspecified atom stereocenters. The molecule has 5 heteroatoms. The molecule has 4 nitrogen and oxygen atoms in total. The normalized spacial score (nSPS) is 24.9. The van der Waals surface area contributed by atoms with Gasteiger partial charge in [-0.25, -0.2) is 0 Å². The molecule has 0 N–H and O–H groups in total. The standard InChI is InChI=1S/C20H32BNO3/c1-16(25-22-19(2,3)12-6-13-20(22,4)5)17-8-10-18(11-9-17)21-23-14-7-15-24-21/h8-11,16H,6-7,12-15H2,1-5H3. The first-order chi connectivity index (χ1) is 11.8. The van der Waals surface area contributed by atoms with E-state index in [0.29, 0.717) is 0 Å². The highest BCUT2D eigenvalue weighted by atomic mass is 16.7. The zero-order valence-electron chi connectivity index (χ0n) is 16.4. The van der Waals surface area contributed by atoms with E-state index in [2.05, 4.69) is 63.9 Å². The second-order valence-corrected chi connectivity index (χ2v) is 8.61. The van der Waals surface area contributed by atoms with Crippen LogP contribution in [0.4, 0.5) is 0 Å². The van der Waals surface area contributed by atoms with E-state index in [0.717, 1.165) is 25.1 Å². The molecule has 0 bridgehead atoms. The molecule has 138 valence electrons. The maximum atomic E-state index is 6.46. The van der Waals surface area contributed by atoms with E-state index in [9.17, 15) is 0 Å². The lowest BCUT2D eigenvalue weighted by Gasteiger charge is -2.52. The molecule has 0 saturated carbocycles. The monoisotopic (exact) mass is 345 g/mol. The Morgan fingerprint density at radius 2 is 1.52 bits per heavy atom. The van der Waals surface area contributed by atoms with Gasteiger partial charge in [-0.3, -0.25) is 4.84 Å². The Kier molecular flexibility index (Phi) is 5.59. The smallest absolute Gasteiger partial charge is 0.407 e. The lowest BCUT2D eigenvalue weighted by atomic mass is 9.77. The Bertz CT molecular complexity index is 551. The lowest BCUT2D eigenvalue weighted by Crippen LogP contribution is -2.58. The summed E-state index contributed by atoms with van der Waals surface area (Å²) in [6, 6.07) is 8.45.